The third kappa shape index (κ3) is 3.62. The van der Waals surface area contributed by atoms with Crippen molar-refractivity contribution in [2.45, 2.75) is 44.0 Å². The molecule has 1 aromatic heterocycles. The molecule has 1 N–H and O–H groups in total. The van der Waals surface area contributed by atoms with Gasteiger partial charge in [-0.1, -0.05) is 29.8 Å². The van der Waals surface area contributed by atoms with Crippen LogP contribution in [-0.4, -0.2) is 44.9 Å². The molecule has 0 bridgehead atoms. The number of aryl methyl sites for hydroxylation is 1. The minimum atomic E-state index is -0.339. The van der Waals surface area contributed by atoms with Crippen molar-refractivity contribution in [2.24, 2.45) is 0 Å². The van der Waals surface area contributed by atoms with Crippen molar-refractivity contribution in [1.29, 1.82) is 0 Å². The summed E-state index contributed by atoms with van der Waals surface area (Å²) in [6.07, 6.45) is 2.08. The van der Waals surface area contributed by atoms with Crippen LogP contribution in [0.3, 0.4) is 0 Å². The lowest BCUT2D eigenvalue weighted by molar-refractivity contribution is -0.137. The lowest BCUT2D eigenvalue weighted by Crippen LogP contribution is -2.50. The molecule has 0 spiro atoms. The van der Waals surface area contributed by atoms with E-state index in [9.17, 15) is 9.59 Å². The summed E-state index contributed by atoms with van der Waals surface area (Å²) in [4.78, 5) is 31.0. The predicted molar refractivity (Wildman–Crippen MR) is 110 cm³/mol. The molecular weight excluding hydrogens is 378 g/mol. The number of thioether (sulfide) groups is 1. The van der Waals surface area contributed by atoms with Crippen molar-refractivity contribution in [3.05, 3.63) is 40.9 Å². The number of hydrogen-bond donors (Lipinski definition) is 1. The van der Waals surface area contributed by atoms with Gasteiger partial charge in [-0.15, -0.1) is 23.1 Å². The number of carbonyl (C=O) groups excluding carboxylic acids is 2. The molecule has 7 heteroatoms. The second-order valence-electron chi connectivity index (χ2n) is 7.32. The number of aromatic nitrogens is 1. The van der Waals surface area contributed by atoms with E-state index in [0.717, 1.165) is 22.7 Å². The van der Waals surface area contributed by atoms with Crippen LogP contribution in [0.15, 0.2) is 29.6 Å². The van der Waals surface area contributed by atoms with E-state index >= 15 is 0 Å². The summed E-state index contributed by atoms with van der Waals surface area (Å²) in [7, 11) is 0. The Balaban J connectivity index is 1.32. The van der Waals surface area contributed by atoms with E-state index in [1.54, 1.807) is 28.0 Å². The quantitative estimate of drug-likeness (QED) is 0.836. The molecule has 2 aliphatic rings. The second kappa shape index (κ2) is 7.28. The Labute approximate surface area is 167 Å². The van der Waals surface area contributed by atoms with Crippen LogP contribution in [0.2, 0.25) is 0 Å². The number of amides is 2. The van der Waals surface area contributed by atoms with Crippen LogP contribution in [0, 0.1) is 6.92 Å². The molecule has 0 radical (unpaired) electrons. The summed E-state index contributed by atoms with van der Waals surface area (Å²) in [5.74, 6) is 0.739. The first-order valence-corrected chi connectivity index (χ1v) is 11.1. The number of hydrogen-bond acceptors (Lipinski definition) is 5. The molecule has 1 aromatic carbocycles. The maximum Gasteiger partial charge on any atom is 0.243 e. The zero-order valence-corrected chi connectivity index (χ0v) is 17.2. The molecule has 2 atom stereocenters. The highest BCUT2D eigenvalue weighted by Gasteiger charge is 2.52. The Morgan fingerprint density at radius 3 is 2.93 bits per heavy atom. The Kier molecular flexibility index (Phi) is 4.99. The summed E-state index contributed by atoms with van der Waals surface area (Å²) < 4.78 is 0. The van der Waals surface area contributed by atoms with Crippen LogP contribution in [-0.2, 0) is 16.0 Å². The first-order valence-electron chi connectivity index (χ1n) is 9.21. The Hall–Kier alpha value is -1.86. The van der Waals surface area contributed by atoms with Crippen molar-refractivity contribution in [1.82, 2.24) is 15.2 Å². The first kappa shape index (κ1) is 18.5. The van der Waals surface area contributed by atoms with E-state index in [1.165, 1.54) is 5.56 Å². The third-order valence-corrected chi connectivity index (χ3v) is 7.72. The highest BCUT2D eigenvalue weighted by molar-refractivity contribution is 8.01. The molecule has 3 heterocycles. The van der Waals surface area contributed by atoms with Gasteiger partial charge in [-0.05, 0) is 20.3 Å². The van der Waals surface area contributed by atoms with Crippen LogP contribution in [0.25, 0.3) is 10.6 Å². The normalized spacial score (nSPS) is 24.3. The molecule has 2 fully saturated rings. The molecule has 2 saturated heterocycles. The summed E-state index contributed by atoms with van der Waals surface area (Å²) in [5.41, 5.74) is 3.34. The van der Waals surface area contributed by atoms with Crippen molar-refractivity contribution in [3.63, 3.8) is 0 Å². The average Bonchev–Trinajstić information content (AvgIpc) is 3.32. The number of carbonyl (C=O) groups is 2. The van der Waals surface area contributed by atoms with Crippen molar-refractivity contribution < 1.29 is 9.59 Å². The number of thiazole rings is 1. The van der Waals surface area contributed by atoms with Crippen molar-refractivity contribution >= 4 is 34.9 Å². The SMILES string of the molecule is Cc1ccc(-c2nc(CCNC(=O)C3CSC4(C)CCC(=O)N34)cs2)cc1. The average molecular weight is 402 g/mol. The van der Waals surface area contributed by atoms with Crippen LogP contribution in [0.5, 0.6) is 0 Å². The maximum absolute atomic E-state index is 12.6. The van der Waals surface area contributed by atoms with Gasteiger partial charge in [0.2, 0.25) is 11.8 Å². The molecule has 2 aliphatic heterocycles. The highest BCUT2D eigenvalue weighted by Crippen LogP contribution is 2.47. The fourth-order valence-electron chi connectivity index (χ4n) is 3.70. The lowest BCUT2D eigenvalue weighted by Gasteiger charge is -2.29. The van der Waals surface area contributed by atoms with Gasteiger partial charge in [0.05, 0.1) is 10.6 Å². The summed E-state index contributed by atoms with van der Waals surface area (Å²) in [6, 6.07) is 8.00. The van der Waals surface area contributed by atoms with Gasteiger partial charge in [0, 0.05) is 36.1 Å². The number of fused-ring (bicyclic) bond motifs is 1. The molecule has 27 heavy (non-hydrogen) atoms. The fraction of sp³-hybridized carbons (Fsp3) is 0.450. The van der Waals surface area contributed by atoms with Crippen LogP contribution < -0.4 is 5.32 Å². The molecule has 2 aromatic rings. The topological polar surface area (TPSA) is 62.3 Å². The monoisotopic (exact) mass is 401 g/mol. The molecule has 4 rings (SSSR count). The largest absolute Gasteiger partial charge is 0.354 e. The number of rotatable bonds is 5. The predicted octanol–water partition coefficient (Wildman–Crippen LogP) is 3.23. The Morgan fingerprint density at radius 2 is 2.15 bits per heavy atom. The number of benzene rings is 1. The van der Waals surface area contributed by atoms with Gasteiger partial charge in [-0.25, -0.2) is 4.98 Å². The maximum atomic E-state index is 12.6. The molecule has 5 nitrogen and oxygen atoms in total. The van der Waals surface area contributed by atoms with Gasteiger partial charge < -0.3 is 10.2 Å². The van der Waals surface area contributed by atoms with E-state index in [1.807, 2.05) is 5.38 Å². The standard InChI is InChI=1S/C20H23N3O2S2/c1-13-3-5-14(6-4-13)19-22-15(11-26-19)8-10-21-18(25)16-12-27-20(2)9-7-17(24)23(16)20/h3-6,11,16H,7-10,12H2,1-2H3,(H,21,25). The zero-order valence-electron chi connectivity index (χ0n) is 15.5. The Morgan fingerprint density at radius 1 is 1.37 bits per heavy atom. The van der Waals surface area contributed by atoms with Crippen LogP contribution in [0.1, 0.15) is 31.0 Å². The second-order valence-corrected chi connectivity index (χ2v) is 9.68. The lowest BCUT2D eigenvalue weighted by atomic mass is 10.2. The summed E-state index contributed by atoms with van der Waals surface area (Å²) in [6.45, 7) is 4.68. The first-order chi connectivity index (χ1) is 13.0. The van der Waals surface area contributed by atoms with Gasteiger partial charge in [0.15, 0.2) is 0 Å². The molecule has 0 aliphatic carbocycles. The van der Waals surface area contributed by atoms with E-state index in [4.69, 9.17) is 0 Å². The molecular formula is C20H23N3O2S2. The summed E-state index contributed by atoms with van der Waals surface area (Å²) >= 11 is 3.35. The van der Waals surface area contributed by atoms with Crippen molar-refractivity contribution in [2.75, 3.05) is 12.3 Å². The van der Waals surface area contributed by atoms with Gasteiger partial charge in [-0.3, -0.25) is 9.59 Å². The van der Waals surface area contributed by atoms with Gasteiger partial charge in [0.1, 0.15) is 11.0 Å². The fourth-order valence-corrected chi connectivity index (χ4v) is 5.99. The van der Waals surface area contributed by atoms with Gasteiger partial charge >= 0.3 is 0 Å². The van der Waals surface area contributed by atoms with Crippen molar-refractivity contribution in [3.8, 4) is 10.6 Å². The molecule has 2 amide bonds. The van der Waals surface area contributed by atoms with E-state index in [0.29, 0.717) is 25.1 Å². The third-order valence-electron chi connectivity index (χ3n) is 5.28. The molecule has 142 valence electrons. The van der Waals surface area contributed by atoms with E-state index < -0.39 is 0 Å². The van der Waals surface area contributed by atoms with E-state index in [-0.39, 0.29) is 22.7 Å². The number of nitrogens with zero attached hydrogens (tertiary/aromatic N) is 2. The summed E-state index contributed by atoms with van der Waals surface area (Å²) in [5, 5.41) is 6.05. The highest BCUT2D eigenvalue weighted by atomic mass is 32.2. The minimum Gasteiger partial charge on any atom is -0.354 e. The number of nitrogens with one attached hydrogen (secondary N) is 1. The van der Waals surface area contributed by atoms with Crippen LogP contribution >= 0.6 is 23.1 Å². The smallest absolute Gasteiger partial charge is 0.243 e. The van der Waals surface area contributed by atoms with Gasteiger partial charge in [0.25, 0.3) is 0 Å². The minimum absolute atomic E-state index is 0.0459. The van der Waals surface area contributed by atoms with Gasteiger partial charge in [-0.2, -0.15) is 0 Å². The molecule has 0 saturated carbocycles. The molecule has 2 unspecified atom stereocenters. The van der Waals surface area contributed by atoms with E-state index in [2.05, 4.69) is 48.4 Å². The van der Waals surface area contributed by atoms with Crippen LogP contribution in [0.4, 0.5) is 0 Å². The zero-order chi connectivity index (χ0) is 19.0. The Bertz CT molecular complexity index is 864.